The molecule has 0 saturated heterocycles. The Morgan fingerprint density at radius 2 is 1.76 bits per heavy atom. The first-order valence-electron chi connectivity index (χ1n) is 6.85. The number of urea groups is 1. The van der Waals surface area contributed by atoms with Gasteiger partial charge in [-0.05, 0) is 31.5 Å². The minimum Gasteiger partial charge on any atom is -0.359 e. The summed E-state index contributed by atoms with van der Waals surface area (Å²) in [5, 5.41) is 6.74. The van der Waals surface area contributed by atoms with Crippen molar-refractivity contribution >= 4 is 28.3 Å². The average Bonchev–Trinajstić information content (AvgIpc) is 2.85. The molecule has 0 aliphatic carbocycles. The van der Waals surface area contributed by atoms with Crippen molar-refractivity contribution in [1.82, 2.24) is 4.98 Å². The summed E-state index contributed by atoms with van der Waals surface area (Å²) in [4.78, 5) is 15.3. The molecule has 4 nitrogen and oxygen atoms in total. The topological polar surface area (TPSA) is 56.9 Å². The lowest BCUT2D eigenvalue weighted by Crippen LogP contribution is -2.19. The van der Waals surface area contributed by atoms with Crippen LogP contribution in [0.2, 0.25) is 0 Å². The van der Waals surface area contributed by atoms with Crippen LogP contribution < -0.4 is 10.6 Å². The second-order valence-corrected chi connectivity index (χ2v) is 5.15. The van der Waals surface area contributed by atoms with Crippen LogP contribution in [0.15, 0.2) is 48.7 Å². The number of hydrogen-bond acceptors (Lipinski definition) is 1. The zero-order valence-electron chi connectivity index (χ0n) is 12.0. The third-order valence-corrected chi connectivity index (χ3v) is 3.47. The number of anilines is 2. The van der Waals surface area contributed by atoms with Crippen molar-refractivity contribution in [2.24, 2.45) is 0 Å². The fourth-order valence-corrected chi connectivity index (χ4v) is 2.40. The minimum absolute atomic E-state index is 0.244. The van der Waals surface area contributed by atoms with Crippen molar-refractivity contribution in [3.8, 4) is 0 Å². The van der Waals surface area contributed by atoms with Crippen LogP contribution in [0.4, 0.5) is 16.2 Å². The largest absolute Gasteiger partial charge is 0.359 e. The van der Waals surface area contributed by atoms with Gasteiger partial charge in [-0.25, -0.2) is 4.79 Å². The number of benzene rings is 2. The first-order chi connectivity index (χ1) is 10.1. The molecule has 0 unspecified atom stereocenters. The molecule has 1 heterocycles. The van der Waals surface area contributed by atoms with Crippen molar-refractivity contribution < 1.29 is 4.79 Å². The predicted molar refractivity (Wildman–Crippen MR) is 86.9 cm³/mol. The molecule has 3 aromatic rings. The summed E-state index contributed by atoms with van der Waals surface area (Å²) >= 11 is 0. The maximum Gasteiger partial charge on any atom is 0.323 e. The lowest BCUT2D eigenvalue weighted by molar-refractivity contribution is 0.262. The summed E-state index contributed by atoms with van der Waals surface area (Å²) in [6.07, 6.45) is 1.80. The van der Waals surface area contributed by atoms with E-state index in [-0.39, 0.29) is 6.03 Å². The monoisotopic (exact) mass is 279 g/mol. The number of aromatic amines is 1. The van der Waals surface area contributed by atoms with Gasteiger partial charge in [-0.2, -0.15) is 0 Å². The van der Waals surface area contributed by atoms with E-state index in [1.54, 1.807) is 6.20 Å². The fraction of sp³-hybridized carbons (Fsp3) is 0.118. The van der Waals surface area contributed by atoms with Crippen LogP contribution >= 0.6 is 0 Å². The van der Waals surface area contributed by atoms with E-state index >= 15 is 0 Å². The number of carbonyl (C=O) groups is 1. The molecule has 0 spiro atoms. The molecule has 0 aliphatic heterocycles. The summed E-state index contributed by atoms with van der Waals surface area (Å²) in [5.41, 5.74) is 4.81. The van der Waals surface area contributed by atoms with Crippen molar-refractivity contribution in [1.29, 1.82) is 0 Å². The number of H-pyrrole nitrogens is 1. The highest BCUT2D eigenvalue weighted by atomic mass is 16.2. The lowest BCUT2D eigenvalue weighted by atomic mass is 10.1. The Hall–Kier alpha value is -2.75. The molecule has 0 bridgehead atoms. The van der Waals surface area contributed by atoms with E-state index in [0.717, 1.165) is 27.8 Å². The van der Waals surface area contributed by atoms with E-state index in [0.29, 0.717) is 0 Å². The average molecular weight is 279 g/mol. The molecule has 3 rings (SSSR count). The van der Waals surface area contributed by atoms with Gasteiger partial charge in [-0.15, -0.1) is 0 Å². The van der Waals surface area contributed by atoms with Crippen LogP contribution in [-0.2, 0) is 0 Å². The molecule has 2 aromatic carbocycles. The first-order valence-corrected chi connectivity index (χ1v) is 6.85. The van der Waals surface area contributed by atoms with E-state index in [1.165, 1.54) is 5.56 Å². The van der Waals surface area contributed by atoms with E-state index in [4.69, 9.17) is 0 Å². The number of aryl methyl sites for hydroxylation is 2. The first kappa shape index (κ1) is 13.2. The zero-order valence-corrected chi connectivity index (χ0v) is 12.0. The number of para-hydroxylation sites is 1. The molecule has 0 aliphatic rings. The van der Waals surface area contributed by atoms with Gasteiger partial charge >= 0.3 is 6.03 Å². The molecule has 3 N–H and O–H groups in total. The molecule has 2 amide bonds. The van der Waals surface area contributed by atoms with Crippen molar-refractivity contribution in [3.63, 3.8) is 0 Å². The Morgan fingerprint density at radius 1 is 1.00 bits per heavy atom. The zero-order chi connectivity index (χ0) is 14.8. The molecular weight excluding hydrogens is 262 g/mol. The lowest BCUT2D eigenvalue weighted by Gasteiger charge is -2.10. The highest BCUT2D eigenvalue weighted by Gasteiger charge is 2.08. The molecule has 0 saturated carbocycles. The highest BCUT2D eigenvalue weighted by molar-refractivity contribution is 6.06. The van der Waals surface area contributed by atoms with Crippen LogP contribution in [0.5, 0.6) is 0 Å². The third kappa shape index (κ3) is 2.74. The van der Waals surface area contributed by atoms with E-state index in [1.807, 2.05) is 56.3 Å². The van der Waals surface area contributed by atoms with Gasteiger partial charge in [-0.3, -0.25) is 0 Å². The predicted octanol–water partition coefficient (Wildman–Crippen LogP) is 4.43. The maximum atomic E-state index is 12.1. The normalized spacial score (nSPS) is 10.6. The highest BCUT2D eigenvalue weighted by Crippen LogP contribution is 2.23. The van der Waals surface area contributed by atoms with Gasteiger partial charge in [0.15, 0.2) is 0 Å². The number of rotatable bonds is 2. The van der Waals surface area contributed by atoms with Gasteiger partial charge < -0.3 is 15.6 Å². The number of nitrogens with one attached hydrogen (secondary N) is 3. The second kappa shape index (κ2) is 5.32. The number of hydrogen-bond donors (Lipinski definition) is 3. The molecule has 21 heavy (non-hydrogen) atoms. The fourth-order valence-electron chi connectivity index (χ4n) is 2.40. The number of fused-ring (bicyclic) bond motifs is 1. The van der Waals surface area contributed by atoms with Crippen LogP contribution in [0.25, 0.3) is 10.9 Å². The van der Waals surface area contributed by atoms with Gasteiger partial charge in [-0.1, -0.05) is 35.9 Å². The quantitative estimate of drug-likeness (QED) is 0.638. The van der Waals surface area contributed by atoms with Crippen LogP contribution in [-0.4, -0.2) is 11.0 Å². The Morgan fingerprint density at radius 3 is 2.57 bits per heavy atom. The molecule has 0 radical (unpaired) electrons. The SMILES string of the molecule is Cc1ccc(NC(=O)Nc2c[nH]c3ccccc23)c(C)c1. The Balaban J connectivity index is 1.77. The Bertz CT molecular complexity index is 805. The molecule has 0 atom stereocenters. The molecule has 106 valence electrons. The molecular formula is C17H17N3O. The van der Waals surface area contributed by atoms with Crippen molar-refractivity contribution in [2.45, 2.75) is 13.8 Å². The smallest absolute Gasteiger partial charge is 0.323 e. The summed E-state index contributed by atoms with van der Waals surface area (Å²) in [7, 11) is 0. The van der Waals surface area contributed by atoms with Gasteiger partial charge in [0.25, 0.3) is 0 Å². The van der Waals surface area contributed by atoms with Crippen LogP contribution in [0.3, 0.4) is 0 Å². The summed E-state index contributed by atoms with van der Waals surface area (Å²) in [6, 6.07) is 13.5. The molecule has 4 heteroatoms. The molecule has 1 aromatic heterocycles. The standard InChI is InChI=1S/C17H17N3O/c1-11-7-8-14(12(2)9-11)19-17(21)20-16-10-18-15-6-4-3-5-13(15)16/h3-10,18H,1-2H3,(H2,19,20,21). The summed E-state index contributed by atoms with van der Waals surface area (Å²) in [6.45, 7) is 4.01. The van der Waals surface area contributed by atoms with E-state index < -0.39 is 0 Å². The van der Waals surface area contributed by atoms with Gasteiger partial charge in [0.1, 0.15) is 0 Å². The molecule has 0 fully saturated rings. The Labute approximate surface area is 123 Å². The van der Waals surface area contributed by atoms with Crippen LogP contribution in [0.1, 0.15) is 11.1 Å². The van der Waals surface area contributed by atoms with Gasteiger partial charge in [0, 0.05) is 22.8 Å². The van der Waals surface area contributed by atoms with Crippen LogP contribution in [0, 0.1) is 13.8 Å². The third-order valence-electron chi connectivity index (χ3n) is 3.47. The number of aromatic nitrogens is 1. The van der Waals surface area contributed by atoms with E-state index in [2.05, 4.69) is 15.6 Å². The maximum absolute atomic E-state index is 12.1. The van der Waals surface area contributed by atoms with Crippen molar-refractivity contribution in [3.05, 3.63) is 59.8 Å². The Kier molecular flexibility index (Phi) is 3.36. The van der Waals surface area contributed by atoms with Gasteiger partial charge in [0.05, 0.1) is 5.69 Å². The van der Waals surface area contributed by atoms with Gasteiger partial charge in [0.2, 0.25) is 0 Å². The number of amides is 2. The van der Waals surface area contributed by atoms with E-state index in [9.17, 15) is 4.79 Å². The minimum atomic E-state index is -0.244. The van der Waals surface area contributed by atoms with Crippen molar-refractivity contribution in [2.75, 3.05) is 10.6 Å². The number of carbonyl (C=O) groups excluding carboxylic acids is 1. The summed E-state index contributed by atoms with van der Waals surface area (Å²) < 4.78 is 0. The second-order valence-electron chi connectivity index (χ2n) is 5.15. The summed E-state index contributed by atoms with van der Waals surface area (Å²) in [5.74, 6) is 0.